The molecule has 0 unspecified atom stereocenters. The van der Waals surface area contributed by atoms with E-state index in [1.165, 1.54) is 10.8 Å². The first-order valence-corrected chi connectivity index (χ1v) is 23.5. The Labute approximate surface area is 406 Å². The maximum atomic E-state index is 5.53. The fourth-order valence-electron chi connectivity index (χ4n) is 9.91. The van der Waals surface area contributed by atoms with Crippen LogP contribution >= 0.6 is 0 Å². The standard InChI is InChI=1S/C61H38N10/c1-5-19-39(20-6-1)55-63-56(40-21-7-2-8-22-40)66-60(65-55)70-52-32-18-15-29-47(52)48-37-54-49(38-53(48)70)62-59(43-33-35-44(36-34-43)69-50-30-16-13-27-45(50)46-28-14-17-31-51(46)69)71(54)61-67-57(41-23-9-3-10-24-41)64-58(68-61)42-25-11-4-12-26-42/h1-38H. The van der Waals surface area contributed by atoms with E-state index in [1.807, 2.05) is 121 Å². The van der Waals surface area contributed by atoms with E-state index in [0.717, 1.165) is 77.4 Å². The number of hydrogen-bond acceptors (Lipinski definition) is 7. The van der Waals surface area contributed by atoms with E-state index >= 15 is 0 Å². The average Bonchev–Trinajstić information content (AvgIpc) is 4.11. The molecule has 0 spiro atoms. The van der Waals surface area contributed by atoms with Crippen LogP contribution in [-0.2, 0) is 0 Å². The third-order valence-electron chi connectivity index (χ3n) is 13.2. The van der Waals surface area contributed by atoms with Gasteiger partial charge in [0.15, 0.2) is 23.3 Å². The minimum Gasteiger partial charge on any atom is -0.309 e. The van der Waals surface area contributed by atoms with Crippen LogP contribution in [0.25, 0.3) is 129 Å². The summed E-state index contributed by atoms with van der Waals surface area (Å²) in [7, 11) is 0. The molecular weight excluding hydrogens is 873 g/mol. The highest BCUT2D eigenvalue weighted by Crippen LogP contribution is 2.39. The summed E-state index contributed by atoms with van der Waals surface area (Å²) in [5, 5.41) is 4.44. The van der Waals surface area contributed by atoms with E-state index in [9.17, 15) is 0 Å². The van der Waals surface area contributed by atoms with Crippen molar-refractivity contribution in [3.63, 3.8) is 0 Å². The van der Waals surface area contributed by atoms with Crippen LogP contribution in [0.1, 0.15) is 0 Å². The van der Waals surface area contributed by atoms with E-state index in [1.54, 1.807) is 0 Å². The van der Waals surface area contributed by atoms with Gasteiger partial charge in [0.05, 0.1) is 33.1 Å². The quantitative estimate of drug-likeness (QED) is 0.149. The molecule has 71 heavy (non-hydrogen) atoms. The second-order valence-electron chi connectivity index (χ2n) is 17.4. The molecule has 0 amide bonds. The molecule has 0 fully saturated rings. The molecule has 9 aromatic carbocycles. The Bertz CT molecular complexity index is 4150. The number of nitrogens with zero attached hydrogens (tertiary/aromatic N) is 10. The SMILES string of the molecule is c1ccc(-c2nc(-c3ccccc3)nc(-n3c(-c4ccc(-n5c6ccccc6c6ccccc65)cc4)nc4cc5c(cc43)c3ccccc3n5-c3nc(-c4ccccc4)nc(-c4ccccc4)n3)n2)cc1. The summed E-state index contributed by atoms with van der Waals surface area (Å²) in [4.78, 5) is 36.5. The molecule has 0 bridgehead atoms. The van der Waals surface area contributed by atoms with E-state index in [0.29, 0.717) is 41.0 Å². The van der Waals surface area contributed by atoms with Crippen LogP contribution in [0.2, 0.25) is 0 Å². The van der Waals surface area contributed by atoms with Gasteiger partial charge in [-0.15, -0.1) is 0 Å². The lowest BCUT2D eigenvalue weighted by Crippen LogP contribution is -2.08. The van der Waals surface area contributed by atoms with Gasteiger partial charge in [-0.2, -0.15) is 19.9 Å². The zero-order valence-corrected chi connectivity index (χ0v) is 37.9. The molecule has 14 aromatic rings. The third kappa shape index (κ3) is 6.76. The van der Waals surface area contributed by atoms with Gasteiger partial charge in [0.2, 0.25) is 11.9 Å². The molecule has 0 saturated heterocycles. The van der Waals surface area contributed by atoms with Crippen LogP contribution in [0.4, 0.5) is 0 Å². The van der Waals surface area contributed by atoms with Crippen LogP contribution in [0.15, 0.2) is 231 Å². The lowest BCUT2D eigenvalue weighted by Gasteiger charge is -2.13. The highest BCUT2D eigenvalue weighted by molar-refractivity contribution is 6.13. The molecule has 0 aliphatic carbocycles. The number of aromatic nitrogens is 10. The van der Waals surface area contributed by atoms with Crippen molar-refractivity contribution < 1.29 is 0 Å². The van der Waals surface area contributed by atoms with Gasteiger partial charge in [0.1, 0.15) is 5.82 Å². The molecule has 5 heterocycles. The van der Waals surface area contributed by atoms with Crippen molar-refractivity contribution in [3.05, 3.63) is 231 Å². The van der Waals surface area contributed by atoms with Gasteiger partial charge in [0.25, 0.3) is 0 Å². The number of imidazole rings is 1. The molecule has 0 radical (unpaired) electrons. The van der Waals surface area contributed by atoms with E-state index in [4.69, 9.17) is 34.9 Å². The number of hydrogen-bond donors (Lipinski definition) is 0. The molecule has 0 aliphatic rings. The summed E-state index contributed by atoms with van der Waals surface area (Å²) < 4.78 is 6.54. The van der Waals surface area contributed by atoms with Gasteiger partial charge >= 0.3 is 0 Å². The summed E-state index contributed by atoms with van der Waals surface area (Å²) in [6, 6.07) is 78.7. The topological polar surface area (TPSA) is 105 Å². The molecule has 0 saturated carbocycles. The Kier molecular flexibility index (Phi) is 9.27. The summed E-state index contributed by atoms with van der Waals surface area (Å²) in [5.41, 5.74) is 11.2. The van der Waals surface area contributed by atoms with Crippen molar-refractivity contribution in [2.24, 2.45) is 0 Å². The van der Waals surface area contributed by atoms with E-state index in [2.05, 4.69) is 123 Å². The maximum absolute atomic E-state index is 5.53. The Balaban J connectivity index is 1.03. The zero-order valence-electron chi connectivity index (χ0n) is 37.9. The van der Waals surface area contributed by atoms with Crippen molar-refractivity contribution in [2.75, 3.05) is 0 Å². The van der Waals surface area contributed by atoms with Gasteiger partial charge in [-0.1, -0.05) is 176 Å². The van der Waals surface area contributed by atoms with Gasteiger partial charge < -0.3 is 4.57 Å². The summed E-state index contributed by atoms with van der Waals surface area (Å²) >= 11 is 0. The number of fused-ring (bicyclic) bond motifs is 7. The molecule has 5 aromatic heterocycles. The first-order valence-electron chi connectivity index (χ1n) is 23.5. The van der Waals surface area contributed by atoms with E-state index < -0.39 is 0 Å². The number of para-hydroxylation sites is 3. The largest absolute Gasteiger partial charge is 0.309 e. The summed E-state index contributed by atoms with van der Waals surface area (Å²) in [5.74, 6) is 3.90. The fourth-order valence-corrected chi connectivity index (χ4v) is 9.91. The monoisotopic (exact) mass is 910 g/mol. The van der Waals surface area contributed by atoms with Gasteiger partial charge in [-0.25, -0.2) is 15.0 Å². The molecular formula is C61H38N10. The van der Waals surface area contributed by atoms with E-state index in [-0.39, 0.29) is 0 Å². The predicted octanol–water partition coefficient (Wildman–Crippen LogP) is 13.9. The molecule has 10 heteroatoms. The maximum Gasteiger partial charge on any atom is 0.240 e. The minimum absolute atomic E-state index is 0.447. The van der Waals surface area contributed by atoms with Crippen LogP contribution in [0, 0.1) is 0 Å². The van der Waals surface area contributed by atoms with Crippen molar-refractivity contribution in [2.45, 2.75) is 0 Å². The summed E-state index contributed by atoms with van der Waals surface area (Å²) in [6.07, 6.45) is 0. The van der Waals surface area contributed by atoms with Crippen molar-refractivity contribution in [3.8, 4) is 74.5 Å². The highest BCUT2D eigenvalue weighted by Gasteiger charge is 2.24. The second-order valence-corrected chi connectivity index (χ2v) is 17.4. The first kappa shape index (κ1) is 40.2. The van der Waals surface area contributed by atoms with Crippen LogP contribution in [0.5, 0.6) is 0 Å². The van der Waals surface area contributed by atoms with Gasteiger partial charge in [0, 0.05) is 55.0 Å². The second kappa shape index (κ2) is 16.4. The predicted molar refractivity (Wildman–Crippen MR) is 284 cm³/mol. The van der Waals surface area contributed by atoms with Gasteiger partial charge in [-0.05, 0) is 54.6 Å². The Morgan fingerprint density at radius 3 is 1.07 bits per heavy atom. The smallest absolute Gasteiger partial charge is 0.240 e. The summed E-state index contributed by atoms with van der Waals surface area (Å²) in [6.45, 7) is 0. The minimum atomic E-state index is 0.447. The van der Waals surface area contributed by atoms with Gasteiger partial charge in [-0.3, -0.25) is 9.13 Å². The average molecular weight is 911 g/mol. The molecule has 0 N–H and O–H groups in total. The molecule has 14 rings (SSSR count). The molecule has 332 valence electrons. The Hall–Kier alpha value is -9.93. The van der Waals surface area contributed by atoms with Crippen molar-refractivity contribution >= 4 is 54.6 Å². The molecule has 0 atom stereocenters. The zero-order chi connectivity index (χ0) is 46.8. The van der Waals surface area contributed by atoms with Crippen LogP contribution < -0.4 is 0 Å². The third-order valence-corrected chi connectivity index (χ3v) is 13.2. The Morgan fingerprint density at radius 1 is 0.239 bits per heavy atom. The lowest BCUT2D eigenvalue weighted by atomic mass is 10.1. The fraction of sp³-hybridized carbons (Fsp3) is 0. The van der Waals surface area contributed by atoms with Crippen LogP contribution in [0.3, 0.4) is 0 Å². The normalized spacial score (nSPS) is 11.7. The van der Waals surface area contributed by atoms with Crippen molar-refractivity contribution in [1.29, 1.82) is 0 Å². The van der Waals surface area contributed by atoms with Crippen LogP contribution in [-0.4, -0.2) is 48.6 Å². The first-order chi connectivity index (χ1) is 35.2. The molecule has 0 aliphatic heterocycles. The highest BCUT2D eigenvalue weighted by atomic mass is 15.2. The number of rotatable bonds is 8. The Morgan fingerprint density at radius 2 is 0.620 bits per heavy atom. The van der Waals surface area contributed by atoms with Crippen molar-refractivity contribution in [1.82, 2.24) is 48.6 Å². The molecule has 10 nitrogen and oxygen atoms in total. The lowest BCUT2D eigenvalue weighted by molar-refractivity contribution is 0.929. The number of benzene rings is 9.